The van der Waals surface area contributed by atoms with E-state index in [1.807, 2.05) is 0 Å². The zero-order valence-electron chi connectivity index (χ0n) is 7.10. The van der Waals surface area contributed by atoms with Crippen molar-refractivity contribution in [3.05, 3.63) is 34.4 Å². The standard InChI is InChI=1S/C10H11P/c1-7-4-8(2)10(6-11)9(3)5-7/h4-5H,1-3H3. The molecule has 11 heavy (non-hydrogen) atoms. The van der Waals surface area contributed by atoms with Gasteiger partial charge in [-0.05, 0) is 0 Å². The average molecular weight is 162 g/mol. The molecule has 0 fully saturated rings. The van der Waals surface area contributed by atoms with E-state index in [9.17, 15) is 0 Å². The Morgan fingerprint density at radius 3 is 1.91 bits per heavy atom. The summed E-state index contributed by atoms with van der Waals surface area (Å²) in [4.78, 5) is 0. The summed E-state index contributed by atoms with van der Waals surface area (Å²) in [6, 6.07) is 4.29. The molecule has 0 bridgehead atoms. The second kappa shape index (κ2) is 3.22. The van der Waals surface area contributed by atoms with Crippen molar-refractivity contribution in [2.45, 2.75) is 20.8 Å². The Morgan fingerprint density at radius 1 is 1.09 bits per heavy atom. The number of aryl methyl sites for hydroxylation is 3. The molecule has 0 nitrogen and oxygen atoms in total. The summed E-state index contributed by atoms with van der Waals surface area (Å²) < 4.78 is 0. The van der Waals surface area contributed by atoms with E-state index in [4.69, 9.17) is 0 Å². The first-order valence-corrected chi connectivity index (χ1v) is 4.08. The van der Waals surface area contributed by atoms with Crippen molar-refractivity contribution >= 4 is 8.70 Å². The van der Waals surface area contributed by atoms with Crippen LogP contribution >= 0.6 is 8.70 Å². The molecule has 0 unspecified atom stereocenters. The van der Waals surface area contributed by atoms with E-state index in [0.717, 1.165) is 5.56 Å². The summed E-state index contributed by atoms with van der Waals surface area (Å²) in [5.74, 6) is 0. The molecule has 0 amide bonds. The summed E-state index contributed by atoms with van der Waals surface area (Å²) in [6.07, 6.45) is 0. The van der Waals surface area contributed by atoms with Crippen LogP contribution in [0.4, 0.5) is 0 Å². The predicted molar refractivity (Wildman–Crippen MR) is 50.6 cm³/mol. The number of hydrogen-bond acceptors (Lipinski definition) is 0. The molecule has 0 aliphatic rings. The van der Waals surface area contributed by atoms with Crippen molar-refractivity contribution in [1.29, 1.82) is 0 Å². The number of hydrogen-bond donors (Lipinski definition) is 0. The second-order valence-electron chi connectivity index (χ2n) is 2.89. The van der Waals surface area contributed by atoms with Crippen molar-refractivity contribution in [2.24, 2.45) is 0 Å². The Bertz CT molecular complexity index is 295. The molecule has 1 rings (SSSR count). The van der Waals surface area contributed by atoms with Gasteiger partial charge in [-0.1, -0.05) is 0 Å². The molecule has 0 N–H and O–H groups in total. The van der Waals surface area contributed by atoms with Crippen molar-refractivity contribution in [1.82, 2.24) is 0 Å². The minimum absolute atomic E-state index is 1.12. The van der Waals surface area contributed by atoms with Gasteiger partial charge in [-0.2, -0.15) is 0 Å². The number of rotatable bonds is 0. The molecule has 0 heterocycles. The Labute approximate surface area is 70.1 Å². The van der Waals surface area contributed by atoms with Gasteiger partial charge in [0.1, 0.15) is 0 Å². The van der Waals surface area contributed by atoms with Crippen LogP contribution in [0.25, 0.3) is 0 Å². The fraction of sp³-hybridized carbons (Fsp3) is 0.300. The van der Waals surface area contributed by atoms with E-state index < -0.39 is 0 Å². The van der Waals surface area contributed by atoms with Gasteiger partial charge < -0.3 is 0 Å². The molecule has 0 saturated heterocycles. The first-order chi connectivity index (χ1) is 5.15. The Hall–Kier alpha value is -0.570. The molecule has 0 radical (unpaired) electrons. The SMILES string of the molecule is Cc1cc(C)c(C#P)c(C)c1. The summed E-state index contributed by atoms with van der Waals surface area (Å²) in [5, 5.41) is 0. The van der Waals surface area contributed by atoms with Crippen molar-refractivity contribution < 1.29 is 0 Å². The molecular weight excluding hydrogens is 151 g/mol. The summed E-state index contributed by atoms with van der Waals surface area (Å²) in [5.41, 5.74) is 7.80. The first-order valence-electron chi connectivity index (χ1n) is 3.63. The normalized spacial score (nSPS) is 9.27. The Morgan fingerprint density at radius 2 is 1.55 bits per heavy atom. The van der Waals surface area contributed by atoms with Gasteiger partial charge in [0.05, 0.1) is 0 Å². The third-order valence-electron chi connectivity index (χ3n) is 1.79. The molecule has 0 aromatic heterocycles. The van der Waals surface area contributed by atoms with Gasteiger partial charge >= 0.3 is 69.5 Å². The Kier molecular flexibility index (Phi) is 2.49. The van der Waals surface area contributed by atoms with Gasteiger partial charge in [0.25, 0.3) is 0 Å². The first kappa shape index (κ1) is 8.53. The van der Waals surface area contributed by atoms with Crippen LogP contribution in [0.3, 0.4) is 0 Å². The van der Waals surface area contributed by atoms with Crippen LogP contribution in [0.15, 0.2) is 12.1 Å². The summed E-state index contributed by atoms with van der Waals surface area (Å²) in [7, 11) is 4.03. The fourth-order valence-electron chi connectivity index (χ4n) is 1.36. The quantitative estimate of drug-likeness (QED) is 0.513. The molecule has 0 aliphatic carbocycles. The van der Waals surface area contributed by atoms with Crippen LogP contribution in [-0.2, 0) is 0 Å². The maximum atomic E-state index is 4.03. The van der Waals surface area contributed by atoms with E-state index in [1.165, 1.54) is 16.7 Å². The molecule has 1 aromatic rings. The molecule has 0 spiro atoms. The van der Waals surface area contributed by atoms with Gasteiger partial charge in [-0.3, -0.25) is 0 Å². The average Bonchev–Trinajstić information content (AvgIpc) is 1.85. The monoisotopic (exact) mass is 162 g/mol. The topological polar surface area (TPSA) is 0 Å². The van der Waals surface area contributed by atoms with E-state index in [1.54, 1.807) is 0 Å². The third kappa shape index (κ3) is 1.71. The molecule has 1 heteroatoms. The molecule has 0 saturated carbocycles. The van der Waals surface area contributed by atoms with E-state index in [2.05, 4.69) is 47.2 Å². The zero-order valence-corrected chi connectivity index (χ0v) is 8.00. The van der Waals surface area contributed by atoms with E-state index in [0.29, 0.717) is 0 Å². The van der Waals surface area contributed by atoms with Crippen LogP contribution < -0.4 is 0 Å². The van der Waals surface area contributed by atoms with Gasteiger partial charge in [-0.15, -0.1) is 0 Å². The van der Waals surface area contributed by atoms with Crippen LogP contribution in [-0.4, -0.2) is 0 Å². The van der Waals surface area contributed by atoms with Crippen molar-refractivity contribution in [2.75, 3.05) is 0 Å². The van der Waals surface area contributed by atoms with Crippen LogP contribution in [0.1, 0.15) is 22.3 Å². The maximum absolute atomic E-state index is 4.03. The van der Waals surface area contributed by atoms with Crippen LogP contribution in [0.5, 0.6) is 0 Å². The fourth-order valence-corrected chi connectivity index (χ4v) is 1.71. The minimum atomic E-state index is 1.12. The van der Waals surface area contributed by atoms with Crippen LogP contribution in [0.2, 0.25) is 0 Å². The van der Waals surface area contributed by atoms with Crippen LogP contribution in [0, 0.1) is 26.4 Å². The molecule has 0 aliphatic heterocycles. The Balaban J connectivity index is 3.40. The van der Waals surface area contributed by atoms with E-state index in [-0.39, 0.29) is 0 Å². The molecule has 56 valence electrons. The second-order valence-corrected chi connectivity index (χ2v) is 3.11. The van der Waals surface area contributed by atoms with Crippen molar-refractivity contribution in [3.8, 4) is 5.63 Å². The zero-order chi connectivity index (χ0) is 8.43. The van der Waals surface area contributed by atoms with Crippen molar-refractivity contribution in [3.63, 3.8) is 0 Å². The van der Waals surface area contributed by atoms with Gasteiger partial charge in [0, 0.05) is 0 Å². The predicted octanol–water partition coefficient (Wildman–Crippen LogP) is 3.33. The molecule has 0 atom stereocenters. The van der Waals surface area contributed by atoms with Gasteiger partial charge in [-0.25, -0.2) is 0 Å². The molecular formula is C10H11P. The van der Waals surface area contributed by atoms with E-state index >= 15 is 0 Å². The summed E-state index contributed by atoms with van der Waals surface area (Å²) in [6.45, 7) is 6.26. The van der Waals surface area contributed by atoms with Gasteiger partial charge in [0.15, 0.2) is 0 Å². The third-order valence-corrected chi connectivity index (χ3v) is 2.01. The number of benzene rings is 1. The molecule has 1 aromatic carbocycles. The summed E-state index contributed by atoms with van der Waals surface area (Å²) >= 11 is 0. The van der Waals surface area contributed by atoms with Gasteiger partial charge in [0.2, 0.25) is 0 Å².